The van der Waals surface area contributed by atoms with E-state index in [2.05, 4.69) is 37.1 Å². The number of imidazole rings is 1. The van der Waals surface area contributed by atoms with Gasteiger partial charge in [0, 0.05) is 31.2 Å². The van der Waals surface area contributed by atoms with Gasteiger partial charge in [-0.2, -0.15) is 0 Å². The summed E-state index contributed by atoms with van der Waals surface area (Å²) in [5, 5.41) is 8.48. The molecular formula is C16H22N8. The molecule has 8 heteroatoms. The van der Waals surface area contributed by atoms with Crippen LogP contribution >= 0.6 is 0 Å². The molecule has 1 unspecified atom stereocenters. The van der Waals surface area contributed by atoms with Gasteiger partial charge in [-0.3, -0.25) is 0 Å². The number of piperidine rings is 1. The molecule has 0 aromatic carbocycles. The van der Waals surface area contributed by atoms with Crippen molar-refractivity contribution in [2.24, 2.45) is 0 Å². The van der Waals surface area contributed by atoms with Crippen molar-refractivity contribution in [2.45, 2.75) is 46.1 Å². The highest BCUT2D eigenvalue weighted by Gasteiger charge is 2.27. The molecule has 4 rings (SSSR count). The highest BCUT2D eigenvalue weighted by atomic mass is 15.4. The van der Waals surface area contributed by atoms with E-state index in [1.807, 2.05) is 13.8 Å². The van der Waals surface area contributed by atoms with Crippen LogP contribution in [0.1, 0.15) is 42.9 Å². The molecule has 4 heterocycles. The van der Waals surface area contributed by atoms with E-state index in [1.54, 1.807) is 11.0 Å². The SMILES string of the molecule is CCn1nnc2c(N3CCCC(c4nc(C)c(C)[nH]4)C3)ncnc21. The van der Waals surface area contributed by atoms with Crippen LogP contribution in [0.25, 0.3) is 11.2 Å². The van der Waals surface area contributed by atoms with Crippen LogP contribution < -0.4 is 4.90 Å². The zero-order chi connectivity index (χ0) is 16.7. The number of aryl methyl sites for hydroxylation is 3. The van der Waals surface area contributed by atoms with Gasteiger partial charge >= 0.3 is 0 Å². The number of hydrogen-bond acceptors (Lipinski definition) is 6. The summed E-state index contributed by atoms with van der Waals surface area (Å²) in [4.78, 5) is 19.3. The molecule has 3 aromatic rings. The Labute approximate surface area is 140 Å². The molecule has 1 aliphatic heterocycles. The van der Waals surface area contributed by atoms with E-state index in [9.17, 15) is 0 Å². The van der Waals surface area contributed by atoms with Gasteiger partial charge in [-0.15, -0.1) is 5.10 Å². The lowest BCUT2D eigenvalue weighted by Gasteiger charge is -2.32. The topological polar surface area (TPSA) is 88.4 Å². The molecule has 24 heavy (non-hydrogen) atoms. The molecule has 3 aromatic heterocycles. The lowest BCUT2D eigenvalue weighted by atomic mass is 9.97. The van der Waals surface area contributed by atoms with E-state index >= 15 is 0 Å². The average Bonchev–Trinajstić information content (AvgIpc) is 3.18. The summed E-state index contributed by atoms with van der Waals surface area (Å²) in [6, 6.07) is 0. The Balaban J connectivity index is 1.66. The van der Waals surface area contributed by atoms with Crippen molar-refractivity contribution < 1.29 is 0 Å². The number of aromatic nitrogens is 7. The van der Waals surface area contributed by atoms with E-state index < -0.39 is 0 Å². The van der Waals surface area contributed by atoms with Crippen LogP contribution in [0, 0.1) is 13.8 Å². The first kappa shape index (κ1) is 15.0. The van der Waals surface area contributed by atoms with Gasteiger partial charge in [0.15, 0.2) is 17.0 Å². The van der Waals surface area contributed by atoms with Gasteiger partial charge in [0.1, 0.15) is 12.2 Å². The number of hydrogen-bond donors (Lipinski definition) is 1. The maximum Gasteiger partial charge on any atom is 0.183 e. The smallest absolute Gasteiger partial charge is 0.183 e. The molecule has 1 aliphatic rings. The first-order valence-electron chi connectivity index (χ1n) is 8.49. The fourth-order valence-corrected chi connectivity index (χ4v) is 3.39. The molecule has 8 nitrogen and oxygen atoms in total. The third-order valence-corrected chi connectivity index (χ3v) is 4.83. The predicted octanol–water partition coefficient (Wildman–Crippen LogP) is 1.97. The molecule has 1 fully saturated rings. The van der Waals surface area contributed by atoms with Gasteiger partial charge in [-0.05, 0) is 33.6 Å². The van der Waals surface area contributed by atoms with Crippen molar-refractivity contribution >= 4 is 17.0 Å². The Morgan fingerprint density at radius 2 is 2.17 bits per heavy atom. The summed E-state index contributed by atoms with van der Waals surface area (Å²) in [5.74, 6) is 2.35. The van der Waals surface area contributed by atoms with Gasteiger partial charge in [0.05, 0.1) is 5.69 Å². The Kier molecular flexibility index (Phi) is 3.66. The van der Waals surface area contributed by atoms with Crippen LogP contribution in [0.5, 0.6) is 0 Å². The molecule has 0 aliphatic carbocycles. The van der Waals surface area contributed by atoms with Gasteiger partial charge in [-0.25, -0.2) is 19.6 Å². The Morgan fingerprint density at radius 3 is 2.92 bits per heavy atom. The maximum atomic E-state index is 4.69. The lowest BCUT2D eigenvalue weighted by Crippen LogP contribution is -2.35. The highest BCUT2D eigenvalue weighted by molar-refractivity contribution is 5.82. The molecule has 0 bridgehead atoms. The zero-order valence-electron chi connectivity index (χ0n) is 14.3. The van der Waals surface area contributed by atoms with Gasteiger partial charge in [0.25, 0.3) is 0 Å². The largest absolute Gasteiger partial charge is 0.354 e. The van der Waals surface area contributed by atoms with Crippen LogP contribution in [0.15, 0.2) is 6.33 Å². The number of anilines is 1. The van der Waals surface area contributed by atoms with Crippen molar-refractivity contribution in [1.82, 2.24) is 34.9 Å². The van der Waals surface area contributed by atoms with Crippen molar-refractivity contribution in [2.75, 3.05) is 18.0 Å². The fraction of sp³-hybridized carbons (Fsp3) is 0.562. The van der Waals surface area contributed by atoms with E-state index in [1.165, 1.54) is 0 Å². The summed E-state index contributed by atoms with van der Waals surface area (Å²) < 4.78 is 1.81. The van der Waals surface area contributed by atoms with Crippen LogP contribution in [0.4, 0.5) is 5.82 Å². The summed E-state index contributed by atoms with van der Waals surface area (Å²) >= 11 is 0. The second-order valence-electron chi connectivity index (χ2n) is 6.39. The molecule has 0 radical (unpaired) electrons. The Hall–Kier alpha value is -2.51. The van der Waals surface area contributed by atoms with Crippen molar-refractivity contribution in [1.29, 1.82) is 0 Å². The number of fused-ring (bicyclic) bond motifs is 1. The standard InChI is InChI=1S/C16H22N8/c1-4-24-16-13(21-22-24)15(17-9-18-16)23-7-5-6-12(8-23)14-19-10(2)11(3)20-14/h9,12H,4-8H2,1-3H3,(H,19,20). The summed E-state index contributed by atoms with van der Waals surface area (Å²) in [6.07, 6.45) is 3.85. The number of nitrogens with one attached hydrogen (secondary N) is 1. The van der Waals surface area contributed by atoms with Gasteiger partial charge in [0.2, 0.25) is 0 Å². The average molecular weight is 326 g/mol. The maximum absolute atomic E-state index is 4.69. The molecule has 1 saturated heterocycles. The van der Waals surface area contributed by atoms with Crippen molar-refractivity contribution in [3.63, 3.8) is 0 Å². The second-order valence-corrected chi connectivity index (χ2v) is 6.39. The molecule has 0 amide bonds. The minimum absolute atomic E-state index is 0.386. The monoisotopic (exact) mass is 326 g/mol. The fourth-order valence-electron chi connectivity index (χ4n) is 3.39. The first-order chi connectivity index (χ1) is 11.7. The van der Waals surface area contributed by atoms with Crippen LogP contribution in [-0.2, 0) is 6.54 Å². The molecular weight excluding hydrogens is 304 g/mol. The molecule has 1 N–H and O–H groups in total. The molecule has 1 atom stereocenters. The van der Waals surface area contributed by atoms with Crippen LogP contribution in [0.3, 0.4) is 0 Å². The third kappa shape index (κ3) is 2.42. The van der Waals surface area contributed by atoms with E-state index in [-0.39, 0.29) is 0 Å². The molecule has 0 saturated carbocycles. The quantitative estimate of drug-likeness (QED) is 0.791. The van der Waals surface area contributed by atoms with Crippen molar-refractivity contribution in [3.8, 4) is 0 Å². The van der Waals surface area contributed by atoms with E-state index in [0.29, 0.717) is 5.92 Å². The Bertz CT molecular complexity index is 845. The van der Waals surface area contributed by atoms with Gasteiger partial charge in [-0.1, -0.05) is 5.21 Å². The summed E-state index contributed by atoms with van der Waals surface area (Å²) in [7, 11) is 0. The second kappa shape index (κ2) is 5.85. The molecule has 126 valence electrons. The number of nitrogens with zero attached hydrogens (tertiary/aromatic N) is 7. The van der Waals surface area contributed by atoms with Crippen LogP contribution in [-0.4, -0.2) is 48.0 Å². The van der Waals surface area contributed by atoms with Gasteiger partial charge < -0.3 is 9.88 Å². The minimum Gasteiger partial charge on any atom is -0.354 e. The Morgan fingerprint density at radius 1 is 1.29 bits per heavy atom. The number of aromatic amines is 1. The number of rotatable bonds is 3. The van der Waals surface area contributed by atoms with Crippen molar-refractivity contribution in [3.05, 3.63) is 23.5 Å². The molecule has 0 spiro atoms. The van der Waals surface area contributed by atoms with Crippen LogP contribution in [0.2, 0.25) is 0 Å². The minimum atomic E-state index is 0.386. The predicted molar refractivity (Wildman–Crippen MR) is 91.0 cm³/mol. The summed E-state index contributed by atoms with van der Waals surface area (Å²) in [6.45, 7) is 8.77. The number of H-pyrrole nitrogens is 1. The summed E-state index contributed by atoms with van der Waals surface area (Å²) in [5.41, 5.74) is 3.82. The van der Waals surface area contributed by atoms with E-state index in [4.69, 9.17) is 4.98 Å². The normalized spacial score (nSPS) is 18.5. The first-order valence-corrected chi connectivity index (χ1v) is 8.49. The van der Waals surface area contributed by atoms with E-state index in [0.717, 1.165) is 66.7 Å². The lowest BCUT2D eigenvalue weighted by molar-refractivity contribution is 0.491. The highest BCUT2D eigenvalue weighted by Crippen LogP contribution is 2.30. The zero-order valence-corrected chi connectivity index (χ0v) is 14.3. The third-order valence-electron chi connectivity index (χ3n) is 4.83.